The van der Waals surface area contributed by atoms with E-state index in [4.69, 9.17) is 0 Å². The Kier molecular flexibility index (Phi) is 3.62. The van der Waals surface area contributed by atoms with Crippen LogP contribution in [0.3, 0.4) is 0 Å². The summed E-state index contributed by atoms with van der Waals surface area (Å²) in [6.45, 7) is 10.7. The molecule has 4 atom stereocenters. The maximum absolute atomic E-state index is 11.7. The molecule has 2 aliphatic rings. The third-order valence-corrected chi connectivity index (χ3v) is 6.25. The van der Waals surface area contributed by atoms with Crippen LogP contribution in [-0.2, 0) is 4.79 Å². The molecule has 0 spiro atoms. The monoisotopic (exact) mass is 266 g/mol. The first kappa shape index (κ1) is 15.0. The van der Waals surface area contributed by atoms with Crippen molar-refractivity contribution in [3.05, 3.63) is 0 Å². The fourth-order valence-corrected chi connectivity index (χ4v) is 5.37. The van der Waals surface area contributed by atoms with E-state index in [2.05, 4.69) is 20.8 Å². The highest BCUT2D eigenvalue weighted by Crippen LogP contribution is 2.62. The van der Waals surface area contributed by atoms with E-state index < -0.39 is 5.60 Å². The Morgan fingerprint density at radius 3 is 2.37 bits per heavy atom. The lowest BCUT2D eigenvalue weighted by atomic mass is 9.45. The number of carbonyl (C=O) groups is 1. The van der Waals surface area contributed by atoms with E-state index in [1.165, 1.54) is 12.8 Å². The van der Waals surface area contributed by atoms with Crippen LogP contribution >= 0.6 is 0 Å². The van der Waals surface area contributed by atoms with Gasteiger partial charge in [0.25, 0.3) is 0 Å². The number of hydrogen-bond acceptors (Lipinski definition) is 2. The lowest BCUT2D eigenvalue weighted by molar-refractivity contribution is -0.172. The molecule has 2 rings (SSSR count). The SMILES string of the molecule is CC(=O)C[C@@H]1[C@@](C)(O)CCC2C(C)(C)CCC[C@]21C. The van der Waals surface area contributed by atoms with Crippen LogP contribution in [0, 0.1) is 22.7 Å². The van der Waals surface area contributed by atoms with Gasteiger partial charge in [0.15, 0.2) is 0 Å². The molecule has 0 aromatic heterocycles. The molecule has 0 aliphatic heterocycles. The molecule has 0 aromatic carbocycles. The van der Waals surface area contributed by atoms with Gasteiger partial charge in [0.05, 0.1) is 5.60 Å². The van der Waals surface area contributed by atoms with Gasteiger partial charge in [-0.05, 0) is 62.2 Å². The number of aliphatic hydroxyl groups is 1. The molecule has 19 heavy (non-hydrogen) atoms. The summed E-state index contributed by atoms with van der Waals surface area (Å²) in [4.78, 5) is 11.7. The molecule has 0 bridgehead atoms. The Hall–Kier alpha value is -0.370. The summed E-state index contributed by atoms with van der Waals surface area (Å²) < 4.78 is 0. The van der Waals surface area contributed by atoms with Gasteiger partial charge in [-0.3, -0.25) is 0 Å². The second-order valence-corrected chi connectivity index (χ2v) is 8.26. The predicted octanol–water partition coefficient (Wildman–Crippen LogP) is 3.96. The first-order valence-corrected chi connectivity index (χ1v) is 7.81. The molecule has 2 fully saturated rings. The van der Waals surface area contributed by atoms with Crippen LogP contribution in [0.4, 0.5) is 0 Å². The van der Waals surface area contributed by atoms with E-state index in [0.29, 0.717) is 17.8 Å². The second kappa shape index (κ2) is 4.58. The third kappa shape index (κ3) is 2.49. The smallest absolute Gasteiger partial charge is 0.130 e. The van der Waals surface area contributed by atoms with Crippen molar-refractivity contribution in [3.63, 3.8) is 0 Å². The number of fused-ring (bicyclic) bond motifs is 1. The van der Waals surface area contributed by atoms with Crippen molar-refractivity contribution in [1.29, 1.82) is 0 Å². The number of Topliss-reactive ketones (excluding diaryl/α,β-unsaturated/α-hetero) is 1. The number of rotatable bonds is 2. The predicted molar refractivity (Wildman–Crippen MR) is 77.9 cm³/mol. The average molecular weight is 266 g/mol. The molecule has 110 valence electrons. The molecule has 0 amide bonds. The van der Waals surface area contributed by atoms with Crippen LogP contribution in [0.2, 0.25) is 0 Å². The topological polar surface area (TPSA) is 37.3 Å². The summed E-state index contributed by atoms with van der Waals surface area (Å²) >= 11 is 0. The van der Waals surface area contributed by atoms with Crippen molar-refractivity contribution < 1.29 is 9.90 Å². The third-order valence-electron chi connectivity index (χ3n) is 6.25. The quantitative estimate of drug-likeness (QED) is 0.821. The number of ketones is 1. The van der Waals surface area contributed by atoms with Crippen molar-refractivity contribution in [2.75, 3.05) is 0 Å². The van der Waals surface area contributed by atoms with Gasteiger partial charge in [-0.25, -0.2) is 0 Å². The van der Waals surface area contributed by atoms with Crippen LogP contribution in [0.15, 0.2) is 0 Å². The summed E-state index contributed by atoms with van der Waals surface area (Å²) in [5, 5.41) is 10.8. The number of hydrogen-bond donors (Lipinski definition) is 1. The molecule has 0 radical (unpaired) electrons. The minimum Gasteiger partial charge on any atom is -0.390 e. The van der Waals surface area contributed by atoms with Gasteiger partial charge in [0.2, 0.25) is 0 Å². The normalized spacial score (nSPS) is 45.6. The molecule has 2 nitrogen and oxygen atoms in total. The standard InChI is InChI=1S/C17H30O2/c1-12(18)11-14-16(4)9-6-8-15(2,3)13(16)7-10-17(14,5)19/h13-14,19H,6-11H2,1-5H3/t13?,14-,16+,17-/m0/s1. The summed E-state index contributed by atoms with van der Waals surface area (Å²) in [5.41, 5.74) is -0.210. The fraction of sp³-hybridized carbons (Fsp3) is 0.941. The first-order valence-electron chi connectivity index (χ1n) is 7.81. The van der Waals surface area contributed by atoms with E-state index in [1.807, 2.05) is 6.92 Å². The zero-order chi connectivity index (χ0) is 14.5. The van der Waals surface area contributed by atoms with Gasteiger partial charge >= 0.3 is 0 Å². The maximum Gasteiger partial charge on any atom is 0.130 e. The van der Waals surface area contributed by atoms with Crippen LogP contribution in [0.5, 0.6) is 0 Å². The van der Waals surface area contributed by atoms with Crippen molar-refractivity contribution >= 4 is 5.78 Å². The minimum atomic E-state index is -0.676. The number of carbonyl (C=O) groups excluding carboxylic acids is 1. The molecule has 2 aliphatic carbocycles. The van der Waals surface area contributed by atoms with Crippen molar-refractivity contribution in [3.8, 4) is 0 Å². The second-order valence-electron chi connectivity index (χ2n) is 8.26. The zero-order valence-corrected chi connectivity index (χ0v) is 13.3. The van der Waals surface area contributed by atoms with Crippen LogP contribution in [0.1, 0.15) is 73.1 Å². The summed E-state index contributed by atoms with van der Waals surface area (Å²) in [7, 11) is 0. The molecule has 0 saturated heterocycles. The molecule has 2 saturated carbocycles. The maximum atomic E-state index is 11.7. The minimum absolute atomic E-state index is 0.120. The summed E-state index contributed by atoms with van der Waals surface area (Å²) in [6, 6.07) is 0. The van der Waals surface area contributed by atoms with Crippen LogP contribution in [-0.4, -0.2) is 16.5 Å². The van der Waals surface area contributed by atoms with Gasteiger partial charge in [0.1, 0.15) is 5.78 Å². The van der Waals surface area contributed by atoms with E-state index in [0.717, 1.165) is 19.3 Å². The van der Waals surface area contributed by atoms with Crippen LogP contribution < -0.4 is 0 Å². The van der Waals surface area contributed by atoms with Gasteiger partial charge in [-0.1, -0.05) is 27.2 Å². The molecule has 0 aromatic rings. The van der Waals surface area contributed by atoms with Gasteiger partial charge in [-0.2, -0.15) is 0 Å². The molecule has 1 N–H and O–H groups in total. The van der Waals surface area contributed by atoms with Crippen LogP contribution in [0.25, 0.3) is 0 Å². The van der Waals surface area contributed by atoms with Gasteiger partial charge in [0, 0.05) is 6.42 Å². The van der Waals surface area contributed by atoms with E-state index in [9.17, 15) is 9.90 Å². The van der Waals surface area contributed by atoms with E-state index in [1.54, 1.807) is 6.92 Å². The van der Waals surface area contributed by atoms with E-state index >= 15 is 0 Å². The Labute approximate surface area is 118 Å². The van der Waals surface area contributed by atoms with Crippen molar-refractivity contribution in [2.24, 2.45) is 22.7 Å². The highest BCUT2D eigenvalue weighted by molar-refractivity contribution is 5.76. The van der Waals surface area contributed by atoms with E-state index in [-0.39, 0.29) is 17.1 Å². The lowest BCUT2D eigenvalue weighted by Crippen LogP contribution is -2.57. The average Bonchev–Trinajstić information content (AvgIpc) is 2.22. The summed E-state index contributed by atoms with van der Waals surface area (Å²) in [5.74, 6) is 0.977. The fourth-order valence-electron chi connectivity index (χ4n) is 5.37. The highest BCUT2D eigenvalue weighted by atomic mass is 16.3. The first-order chi connectivity index (χ1) is 8.59. The molecular weight excluding hydrogens is 236 g/mol. The van der Waals surface area contributed by atoms with Gasteiger partial charge in [-0.15, -0.1) is 0 Å². The Morgan fingerprint density at radius 1 is 1.16 bits per heavy atom. The molecule has 1 unspecified atom stereocenters. The molecule has 0 heterocycles. The Balaban J connectivity index is 2.38. The lowest BCUT2D eigenvalue weighted by Gasteiger charge is -2.61. The van der Waals surface area contributed by atoms with Crippen molar-refractivity contribution in [2.45, 2.75) is 78.7 Å². The van der Waals surface area contributed by atoms with Gasteiger partial charge < -0.3 is 9.90 Å². The zero-order valence-electron chi connectivity index (χ0n) is 13.3. The largest absolute Gasteiger partial charge is 0.390 e. The Bertz CT molecular complexity index is 369. The Morgan fingerprint density at radius 2 is 1.79 bits per heavy atom. The molecule has 2 heteroatoms. The van der Waals surface area contributed by atoms with Crippen molar-refractivity contribution in [1.82, 2.24) is 0 Å². The molecular formula is C17H30O2. The summed E-state index contributed by atoms with van der Waals surface area (Å²) in [6.07, 6.45) is 6.15. The highest BCUT2D eigenvalue weighted by Gasteiger charge is 2.57.